The number of piperidine rings is 1. The van der Waals surface area contributed by atoms with Crippen LogP contribution in [0.1, 0.15) is 12.0 Å². The summed E-state index contributed by atoms with van der Waals surface area (Å²) in [6, 6.07) is 4.60. The molecule has 3 aromatic heterocycles. The molecule has 4 rings (SSSR count). The molecule has 29 heavy (non-hydrogen) atoms. The molecule has 0 amide bonds. The van der Waals surface area contributed by atoms with Crippen LogP contribution in [0, 0.1) is 12.7 Å². The van der Waals surface area contributed by atoms with Gasteiger partial charge in [-0.25, -0.2) is 22.3 Å². The third kappa shape index (κ3) is 3.93. The number of aryl methyl sites for hydroxylation is 1. The second-order valence-electron chi connectivity index (χ2n) is 7.21. The fourth-order valence-electron chi connectivity index (χ4n) is 3.36. The van der Waals surface area contributed by atoms with Crippen LogP contribution >= 0.6 is 0 Å². The van der Waals surface area contributed by atoms with Crippen LogP contribution in [0.15, 0.2) is 30.6 Å². The molecule has 4 heterocycles. The van der Waals surface area contributed by atoms with Crippen molar-refractivity contribution >= 4 is 21.5 Å². The van der Waals surface area contributed by atoms with Crippen LogP contribution in [0.25, 0.3) is 16.9 Å². The molecular weight excluding hydrogens is 399 g/mol. The van der Waals surface area contributed by atoms with Crippen molar-refractivity contribution in [2.75, 3.05) is 24.7 Å². The summed E-state index contributed by atoms with van der Waals surface area (Å²) >= 11 is 0. The lowest BCUT2D eigenvalue weighted by molar-refractivity contribution is 0.0950. The molecule has 3 aromatic rings. The highest BCUT2D eigenvalue weighted by Crippen LogP contribution is 2.24. The molecule has 0 radical (unpaired) electrons. The number of pyridine rings is 1. The van der Waals surface area contributed by atoms with E-state index >= 15 is 0 Å². The van der Waals surface area contributed by atoms with Gasteiger partial charge in [0, 0.05) is 25.4 Å². The zero-order valence-corrected chi connectivity index (χ0v) is 16.8. The van der Waals surface area contributed by atoms with Crippen LogP contribution in [0.3, 0.4) is 0 Å². The van der Waals surface area contributed by atoms with Crippen molar-refractivity contribution in [3.05, 3.63) is 42.0 Å². The van der Waals surface area contributed by atoms with E-state index in [1.807, 2.05) is 13.0 Å². The van der Waals surface area contributed by atoms with Gasteiger partial charge < -0.3 is 10.4 Å². The molecule has 154 valence electrons. The number of β-amino-alcohol motifs (C(OH)–C–C–N with tert-alkyl or cyclic N) is 1. The Morgan fingerprint density at radius 1 is 1.28 bits per heavy atom. The summed E-state index contributed by atoms with van der Waals surface area (Å²) in [6.07, 6.45) is 3.64. The minimum absolute atomic E-state index is 0.00454. The van der Waals surface area contributed by atoms with Crippen molar-refractivity contribution in [1.29, 1.82) is 0 Å². The Morgan fingerprint density at radius 2 is 2.07 bits per heavy atom. The SMILES string of the molecule is Cc1ccc(-c2cc(F)c3cnc(N[C@@H]4CCN(S(C)(=O)=O)C[C@H]4O)nn23)nc1. The molecule has 1 fully saturated rings. The molecule has 1 saturated heterocycles. The Hall–Kier alpha value is -2.63. The number of aliphatic hydroxyl groups is 1. The van der Waals surface area contributed by atoms with Crippen molar-refractivity contribution < 1.29 is 17.9 Å². The predicted octanol–water partition coefficient (Wildman–Crippen LogP) is 1.05. The van der Waals surface area contributed by atoms with E-state index in [4.69, 9.17) is 0 Å². The standard InChI is InChI=1S/C18H21FN6O3S/c1-11-3-4-13(20-8-11)15-7-12(19)16-9-21-18(23-25(15)16)22-14-5-6-24(10-17(14)26)29(2,27)28/h3-4,7-9,14,17,26H,5-6,10H2,1-2H3,(H,22,23)/t14-,17-/m1/s1. The summed E-state index contributed by atoms with van der Waals surface area (Å²) in [4.78, 5) is 8.47. The van der Waals surface area contributed by atoms with Crippen LogP contribution in [0.4, 0.5) is 10.3 Å². The van der Waals surface area contributed by atoms with Crippen molar-refractivity contribution in [1.82, 2.24) is 23.9 Å². The first kappa shape index (κ1) is 19.7. The normalized spacial score (nSPS) is 20.8. The van der Waals surface area contributed by atoms with E-state index < -0.39 is 28.0 Å². The molecule has 2 atom stereocenters. The molecular formula is C18H21FN6O3S. The summed E-state index contributed by atoms with van der Waals surface area (Å²) in [5, 5.41) is 17.7. The zero-order chi connectivity index (χ0) is 20.8. The summed E-state index contributed by atoms with van der Waals surface area (Å²) in [7, 11) is -3.36. The molecule has 0 aliphatic carbocycles. The van der Waals surface area contributed by atoms with Gasteiger partial charge in [-0.3, -0.25) is 4.98 Å². The highest BCUT2D eigenvalue weighted by Gasteiger charge is 2.32. The molecule has 0 saturated carbocycles. The van der Waals surface area contributed by atoms with E-state index in [2.05, 4.69) is 20.4 Å². The minimum atomic E-state index is -3.36. The van der Waals surface area contributed by atoms with Gasteiger partial charge in [0.05, 0.1) is 36.0 Å². The summed E-state index contributed by atoms with van der Waals surface area (Å²) < 4.78 is 40.3. The van der Waals surface area contributed by atoms with Gasteiger partial charge in [-0.05, 0) is 25.0 Å². The molecule has 11 heteroatoms. The van der Waals surface area contributed by atoms with Gasteiger partial charge in [-0.1, -0.05) is 6.07 Å². The fourth-order valence-corrected chi connectivity index (χ4v) is 4.22. The van der Waals surface area contributed by atoms with Gasteiger partial charge in [0.2, 0.25) is 16.0 Å². The number of hydrogen-bond acceptors (Lipinski definition) is 7. The smallest absolute Gasteiger partial charge is 0.241 e. The third-order valence-corrected chi connectivity index (χ3v) is 6.24. The first-order valence-electron chi connectivity index (χ1n) is 9.09. The van der Waals surface area contributed by atoms with E-state index in [-0.39, 0.29) is 24.6 Å². The topological polar surface area (TPSA) is 113 Å². The number of rotatable bonds is 4. The second kappa shape index (κ2) is 7.32. The average molecular weight is 420 g/mol. The number of nitrogens with one attached hydrogen (secondary N) is 1. The molecule has 1 aliphatic rings. The lowest BCUT2D eigenvalue weighted by Crippen LogP contribution is -2.51. The number of fused-ring (bicyclic) bond motifs is 1. The summed E-state index contributed by atoms with van der Waals surface area (Å²) in [5.74, 6) is -0.256. The van der Waals surface area contributed by atoms with Crippen LogP contribution in [0.5, 0.6) is 0 Å². The van der Waals surface area contributed by atoms with E-state index in [9.17, 15) is 17.9 Å². The van der Waals surface area contributed by atoms with Crippen molar-refractivity contribution in [2.24, 2.45) is 0 Å². The van der Waals surface area contributed by atoms with Gasteiger partial charge in [0.1, 0.15) is 5.52 Å². The van der Waals surface area contributed by atoms with Gasteiger partial charge in [-0.2, -0.15) is 4.31 Å². The van der Waals surface area contributed by atoms with Crippen molar-refractivity contribution in [3.8, 4) is 11.4 Å². The molecule has 9 nitrogen and oxygen atoms in total. The molecule has 0 aromatic carbocycles. The molecule has 2 N–H and O–H groups in total. The third-order valence-electron chi connectivity index (χ3n) is 4.97. The van der Waals surface area contributed by atoms with Crippen LogP contribution in [0.2, 0.25) is 0 Å². The fraction of sp³-hybridized carbons (Fsp3) is 0.389. The van der Waals surface area contributed by atoms with Gasteiger partial charge >= 0.3 is 0 Å². The second-order valence-corrected chi connectivity index (χ2v) is 9.19. The predicted molar refractivity (Wildman–Crippen MR) is 105 cm³/mol. The maximum absolute atomic E-state index is 14.3. The lowest BCUT2D eigenvalue weighted by Gasteiger charge is -2.34. The number of anilines is 1. The monoisotopic (exact) mass is 420 g/mol. The number of aliphatic hydroxyl groups excluding tert-OH is 1. The quantitative estimate of drug-likeness (QED) is 0.649. The van der Waals surface area contributed by atoms with E-state index in [1.54, 1.807) is 12.3 Å². The lowest BCUT2D eigenvalue weighted by atomic mass is 10.0. The largest absolute Gasteiger partial charge is 0.390 e. The van der Waals surface area contributed by atoms with Gasteiger partial charge in [-0.15, -0.1) is 5.10 Å². The highest BCUT2D eigenvalue weighted by atomic mass is 32.2. The molecule has 0 spiro atoms. The average Bonchev–Trinajstić information content (AvgIpc) is 2.99. The van der Waals surface area contributed by atoms with Crippen LogP contribution < -0.4 is 5.32 Å². The Labute approximate surface area is 167 Å². The Morgan fingerprint density at radius 3 is 2.72 bits per heavy atom. The number of halogens is 1. The molecule has 0 bridgehead atoms. The number of aromatic nitrogens is 4. The van der Waals surface area contributed by atoms with Crippen molar-refractivity contribution in [2.45, 2.75) is 25.5 Å². The zero-order valence-electron chi connectivity index (χ0n) is 15.9. The number of hydrogen-bond donors (Lipinski definition) is 2. The maximum Gasteiger partial charge on any atom is 0.241 e. The highest BCUT2D eigenvalue weighted by molar-refractivity contribution is 7.88. The summed E-state index contributed by atoms with van der Waals surface area (Å²) in [5.41, 5.74) is 2.25. The van der Waals surface area contributed by atoms with Gasteiger partial charge in [0.25, 0.3) is 0 Å². The Bertz CT molecular complexity index is 1150. The van der Waals surface area contributed by atoms with E-state index in [1.165, 1.54) is 21.1 Å². The molecule has 1 aliphatic heterocycles. The van der Waals surface area contributed by atoms with Crippen molar-refractivity contribution in [3.63, 3.8) is 0 Å². The maximum atomic E-state index is 14.3. The van der Waals surface area contributed by atoms with Gasteiger partial charge in [0.15, 0.2) is 5.82 Å². The Kier molecular flexibility index (Phi) is 4.97. The van der Waals surface area contributed by atoms with Crippen LogP contribution in [-0.2, 0) is 10.0 Å². The van der Waals surface area contributed by atoms with E-state index in [0.717, 1.165) is 11.8 Å². The molecule has 0 unspecified atom stereocenters. The number of nitrogens with zero attached hydrogens (tertiary/aromatic N) is 5. The number of sulfonamides is 1. The van der Waals surface area contributed by atoms with Crippen LogP contribution in [-0.4, -0.2) is 68.9 Å². The first-order chi connectivity index (χ1) is 13.7. The summed E-state index contributed by atoms with van der Waals surface area (Å²) in [6.45, 7) is 2.19. The minimum Gasteiger partial charge on any atom is -0.390 e. The van der Waals surface area contributed by atoms with E-state index in [0.29, 0.717) is 17.8 Å². The Balaban J connectivity index is 1.61. The first-order valence-corrected chi connectivity index (χ1v) is 10.9.